The molecule has 0 spiro atoms. The maximum atomic E-state index is 12.3. The molecular formula is C21H28N2O4S. The minimum Gasteiger partial charge on any atom is -0.494 e. The maximum absolute atomic E-state index is 12.3. The number of sulfonamides is 1. The molecule has 0 heterocycles. The summed E-state index contributed by atoms with van der Waals surface area (Å²) in [7, 11) is -1.97. The lowest BCUT2D eigenvalue weighted by molar-refractivity contribution is -0.116. The van der Waals surface area contributed by atoms with E-state index in [9.17, 15) is 13.2 Å². The highest BCUT2D eigenvalue weighted by Gasteiger charge is 2.13. The molecule has 2 aromatic rings. The molecule has 0 saturated heterocycles. The van der Waals surface area contributed by atoms with Crippen LogP contribution in [0.3, 0.4) is 0 Å². The fourth-order valence-corrected chi connectivity index (χ4v) is 3.27. The predicted octanol–water partition coefficient (Wildman–Crippen LogP) is 3.94. The summed E-state index contributed by atoms with van der Waals surface area (Å²) in [5.74, 6) is 0.215. The van der Waals surface area contributed by atoms with Crippen LogP contribution >= 0.6 is 0 Å². The van der Waals surface area contributed by atoms with Crippen molar-refractivity contribution in [1.29, 1.82) is 0 Å². The highest BCUT2D eigenvalue weighted by molar-refractivity contribution is 7.92. The van der Waals surface area contributed by atoms with Gasteiger partial charge in [-0.1, -0.05) is 45.0 Å². The molecule has 2 aromatic carbocycles. The van der Waals surface area contributed by atoms with Crippen LogP contribution < -0.4 is 14.8 Å². The summed E-state index contributed by atoms with van der Waals surface area (Å²) < 4.78 is 30.4. The zero-order chi connectivity index (χ0) is 20.9. The number of methoxy groups -OCH3 is 1. The van der Waals surface area contributed by atoms with Gasteiger partial charge >= 0.3 is 0 Å². The first-order chi connectivity index (χ1) is 13.0. The average Bonchev–Trinajstić information content (AvgIpc) is 2.59. The third-order valence-electron chi connectivity index (χ3n) is 4.24. The fourth-order valence-electron chi connectivity index (χ4n) is 2.71. The van der Waals surface area contributed by atoms with Crippen molar-refractivity contribution in [2.75, 3.05) is 23.4 Å². The number of aryl methyl sites for hydroxylation is 1. The van der Waals surface area contributed by atoms with Crippen LogP contribution in [0.25, 0.3) is 0 Å². The Morgan fingerprint density at radius 3 is 2.25 bits per heavy atom. The Morgan fingerprint density at radius 1 is 1.07 bits per heavy atom. The first-order valence-electron chi connectivity index (χ1n) is 9.03. The summed E-state index contributed by atoms with van der Waals surface area (Å²) >= 11 is 0. The van der Waals surface area contributed by atoms with E-state index in [4.69, 9.17) is 4.74 Å². The molecule has 6 nitrogen and oxygen atoms in total. The molecule has 0 aliphatic rings. The minimum atomic E-state index is -3.41. The van der Waals surface area contributed by atoms with Crippen LogP contribution in [0.4, 0.5) is 11.4 Å². The van der Waals surface area contributed by atoms with Gasteiger partial charge in [0.2, 0.25) is 15.9 Å². The van der Waals surface area contributed by atoms with Gasteiger partial charge in [-0.15, -0.1) is 0 Å². The van der Waals surface area contributed by atoms with Gasteiger partial charge < -0.3 is 10.1 Å². The summed E-state index contributed by atoms with van der Waals surface area (Å²) in [5.41, 5.74) is 3.34. The number of anilines is 2. The largest absolute Gasteiger partial charge is 0.494 e. The van der Waals surface area contributed by atoms with Crippen LogP contribution in [-0.2, 0) is 26.7 Å². The quantitative estimate of drug-likeness (QED) is 0.732. The van der Waals surface area contributed by atoms with E-state index in [0.29, 0.717) is 30.0 Å². The highest BCUT2D eigenvalue weighted by Crippen LogP contribution is 2.29. The van der Waals surface area contributed by atoms with E-state index in [-0.39, 0.29) is 11.3 Å². The zero-order valence-electron chi connectivity index (χ0n) is 17.0. The number of amides is 1. The lowest BCUT2D eigenvalue weighted by Gasteiger charge is -2.19. The van der Waals surface area contributed by atoms with Crippen molar-refractivity contribution in [3.63, 3.8) is 0 Å². The average molecular weight is 405 g/mol. The minimum absolute atomic E-state index is 0.104. The second-order valence-electron chi connectivity index (χ2n) is 7.78. The molecule has 2 N–H and O–H groups in total. The normalized spacial score (nSPS) is 11.8. The molecule has 7 heteroatoms. The van der Waals surface area contributed by atoms with Gasteiger partial charge in [-0.3, -0.25) is 9.52 Å². The Morgan fingerprint density at radius 2 is 1.71 bits per heavy atom. The van der Waals surface area contributed by atoms with Crippen molar-refractivity contribution >= 4 is 27.3 Å². The predicted molar refractivity (Wildman–Crippen MR) is 114 cm³/mol. The number of carbonyl (C=O) groups is 1. The molecular weight excluding hydrogens is 376 g/mol. The smallest absolute Gasteiger partial charge is 0.229 e. The van der Waals surface area contributed by atoms with E-state index in [1.807, 2.05) is 0 Å². The van der Waals surface area contributed by atoms with Crippen LogP contribution in [0.2, 0.25) is 0 Å². The maximum Gasteiger partial charge on any atom is 0.229 e. The third kappa shape index (κ3) is 6.56. The van der Waals surface area contributed by atoms with E-state index in [1.165, 1.54) is 12.7 Å². The molecule has 0 aliphatic carbocycles. The highest BCUT2D eigenvalue weighted by atomic mass is 32.2. The summed E-state index contributed by atoms with van der Waals surface area (Å²) in [6, 6.07) is 13.1. The van der Waals surface area contributed by atoms with Crippen molar-refractivity contribution in [3.05, 3.63) is 53.6 Å². The molecule has 0 unspecified atom stereocenters. The van der Waals surface area contributed by atoms with E-state index < -0.39 is 10.0 Å². The Hall–Kier alpha value is -2.54. The van der Waals surface area contributed by atoms with Gasteiger partial charge in [0.05, 0.1) is 19.1 Å². The molecule has 0 bridgehead atoms. The lowest BCUT2D eigenvalue weighted by atomic mass is 9.86. The van der Waals surface area contributed by atoms with Crippen LogP contribution in [0, 0.1) is 0 Å². The number of nitrogens with one attached hydrogen (secondary N) is 2. The Bertz CT molecular complexity index is 930. The molecule has 152 valence electrons. The number of benzene rings is 2. The molecule has 0 atom stereocenters. The van der Waals surface area contributed by atoms with Crippen LogP contribution in [-0.4, -0.2) is 27.7 Å². The van der Waals surface area contributed by atoms with Gasteiger partial charge in [0.1, 0.15) is 5.75 Å². The third-order valence-corrected chi connectivity index (χ3v) is 4.83. The standard InChI is InChI=1S/C21H28N2O4S/c1-21(2,3)16-9-6-15(7-10-16)8-13-20(24)22-17-11-12-18(19(14-17)27-4)23-28(5,25)26/h6-7,9-12,14,23H,8,13H2,1-5H3,(H,22,24). The second kappa shape index (κ2) is 8.65. The Kier molecular flexibility index (Phi) is 6.72. The van der Waals surface area contributed by atoms with E-state index in [1.54, 1.807) is 18.2 Å². The fraction of sp³-hybridized carbons (Fsp3) is 0.381. The van der Waals surface area contributed by atoms with Crippen LogP contribution in [0.5, 0.6) is 5.75 Å². The first kappa shape index (κ1) is 21.8. The van der Waals surface area contributed by atoms with Crippen LogP contribution in [0.1, 0.15) is 38.3 Å². The number of rotatable bonds is 7. The molecule has 2 rings (SSSR count). The van der Waals surface area contributed by atoms with Crippen molar-refractivity contribution in [2.45, 2.75) is 39.0 Å². The monoisotopic (exact) mass is 404 g/mol. The second-order valence-corrected chi connectivity index (χ2v) is 9.53. The van der Waals surface area contributed by atoms with E-state index in [2.05, 4.69) is 55.1 Å². The topological polar surface area (TPSA) is 84.5 Å². The molecule has 0 radical (unpaired) electrons. The molecule has 0 saturated carbocycles. The Labute approximate surface area is 167 Å². The summed E-state index contributed by atoms with van der Waals surface area (Å²) in [5, 5.41) is 2.82. The summed E-state index contributed by atoms with van der Waals surface area (Å²) in [6.45, 7) is 6.50. The van der Waals surface area contributed by atoms with Gasteiger partial charge in [-0.2, -0.15) is 0 Å². The summed E-state index contributed by atoms with van der Waals surface area (Å²) in [4.78, 5) is 12.3. The molecule has 0 aliphatic heterocycles. The Balaban J connectivity index is 1.97. The van der Waals surface area contributed by atoms with Crippen molar-refractivity contribution in [2.24, 2.45) is 0 Å². The van der Waals surface area contributed by atoms with Gasteiger partial charge in [0, 0.05) is 18.2 Å². The number of carbonyl (C=O) groups excluding carboxylic acids is 1. The SMILES string of the molecule is COc1cc(NC(=O)CCc2ccc(C(C)(C)C)cc2)ccc1NS(C)(=O)=O. The zero-order valence-corrected chi connectivity index (χ0v) is 17.8. The number of hydrogen-bond donors (Lipinski definition) is 2. The van der Waals surface area contributed by atoms with Gasteiger partial charge in [0.25, 0.3) is 0 Å². The molecule has 1 amide bonds. The van der Waals surface area contributed by atoms with E-state index >= 15 is 0 Å². The molecule has 28 heavy (non-hydrogen) atoms. The van der Waals surface area contributed by atoms with Crippen molar-refractivity contribution in [3.8, 4) is 5.75 Å². The van der Waals surface area contributed by atoms with Gasteiger partial charge in [-0.25, -0.2) is 8.42 Å². The molecule has 0 aromatic heterocycles. The van der Waals surface area contributed by atoms with Crippen molar-refractivity contribution in [1.82, 2.24) is 0 Å². The number of ether oxygens (including phenoxy) is 1. The van der Waals surface area contributed by atoms with Crippen LogP contribution in [0.15, 0.2) is 42.5 Å². The summed E-state index contributed by atoms with van der Waals surface area (Å²) in [6.07, 6.45) is 2.05. The molecule has 0 fully saturated rings. The van der Waals surface area contributed by atoms with Crippen molar-refractivity contribution < 1.29 is 17.9 Å². The van der Waals surface area contributed by atoms with Gasteiger partial charge in [0.15, 0.2) is 0 Å². The van der Waals surface area contributed by atoms with E-state index in [0.717, 1.165) is 11.8 Å². The number of hydrogen-bond acceptors (Lipinski definition) is 4. The van der Waals surface area contributed by atoms with Gasteiger partial charge in [-0.05, 0) is 35.1 Å². The first-order valence-corrected chi connectivity index (χ1v) is 10.9. The lowest BCUT2D eigenvalue weighted by Crippen LogP contribution is -2.14.